The number of nitrogens with two attached hydrogens (primary N) is 1. The first-order chi connectivity index (χ1) is 15.7. The highest BCUT2D eigenvalue weighted by molar-refractivity contribution is 7.89. The van der Waals surface area contributed by atoms with Crippen molar-refractivity contribution in [1.29, 1.82) is 0 Å². The van der Waals surface area contributed by atoms with Gasteiger partial charge in [-0.05, 0) is 42.7 Å². The third-order valence-corrected chi connectivity index (χ3v) is 7.09. The molecule has 0 unspecified atom stereocenters. The number of piperidine rings is 1. The van der Waals surface area contributed by atoms with E-state index in [0.717, 1.165) is 30.9 Å². The van der Waals surface area contributed by atoms with E-state index in [4.69, 9.17) is 15.2 Å². The minimum Gasteiger partial charge on any atom is -0.493 e. The van der Waals surface area contributed by atoms with Crippen LogP contribution in [-0.4, -0.2) is 50.4 Å². The molecule has 0 spiro atoms. The van der Waals surface area contributed by atoms with Crippen molar-refractivity contribution < 1.29 is 27.6 Å². The molecule has 0 bridgehead atoms. The predicted molar refractivity (Wildman–Crippen MR) is 121 cm³/mol. The Balaban J connectivity index is 1.78. The summed E-state index contributed by atoms with van der Waals surface area (Å²) in [4.78, 5) is 21.8. The highest BCUT2D eigenvalue weighted by atomic mass is 32.2. The molecule has 0 radical (unpaired) electrons. The average molecular weight is 479 g/mol. The normalized spacial score (nSPS) is 14.5. The number of carbonyl (C=O) groups excluding carboxylic acids is 1. The number of anilines is 1. The molecule has 2 aromatic carbocycles. The first-order valence-electron chi connectivity index (χ1n) is 10.3. The number of benzene rings is 2. The highest BCUT2D eigenvalue weighted by Gasteiger charge is 2.28. The Kier molecular flexibility index (Phi) is 7.71. The van der Waals surface area contributed by atoms with Crippen molar-refractivity contribution in [2.24, 2.45) is 5.73 Å². The van der Waals surface area contributed by atoms with E-state index in [1.165, 1.54) is 23.5 Å². The molecule has 3 rings (SSSR count). The number of primary amides is 1. The largest absolute Gasteiger partial charge is 0.493 e. The number of carbonyl (C=O) groups is 1. The summed E-state index contributed by atoms with van der Waals surface area (Å²) in [5, 5.41) is 14.6. The molecule has 1 fully saturated rings. The maximum Gasteiger partial charge on any atom is 0.293 e. The van der Waals surface area contributed by atoms with Crippen molar-refractivity contribution in [2.75, 3.05) is 32.1 Å². The molecule has 1 amide bonds. The molecule has 178 valence electrons. The lowest BCUT2D eigenvalue weighted by Gasteiger charge is -2.25. The van der Waals surface area contributed by atoms with Crippen LogP contribution in [-0.2, 0) is 21.4 Å². The quantitative estimate of drug-likeness (QED) is 0.389. The fourth-order valence-corrected chi connectivity index (χ4v) is 5.05. The van der Waals surface area contributed by atoms with Gasteiger partial charge in [-0.3, -0.25) is 14.9 Å². The predicted octanol–water partition coefficient (Wildman–Crippen LogP) is 2.25. The van der Waals surface area contributed by atoms with E-state index in [1.54, 1.807) is 18.2 Å². The monoisotopic (exact) mass is 478 g/mol. The Labute approximate surface area is 191 Å². The van der Waals surface area contributed by atoms with Crippen molar-refractivity contribution in [3.63, 3.8) is 0 Å². The van der Waals surface area contributed by atoms with Crippen LogP contribution in [0, 0.1) is 10.1 Å². The Morgan fingerprint density at radius 2 is 1.88 bits per heavy atom. The number of methoxy groups -OCH3 is 1. The minimum atomic E-state index is -3.79. The summed E-state index contributed by atoms with van der Waals surface area (Å²) in [5.74, 6) is 0.0761. The number of hydrogen-bond donors (Lipinski definition) is 2. The summed E-state index contributed by atoms with van der Waals surface area (Å²) in [6.45, 7) is 0.729. The third kappa shape index (κ3) is 5.90. The first kappa shape index (κ1) is 24.3. The molecule has 0 aliphatic carbocycles. The number of nitrogens with one attached hydrogen (secondary N) is 1. The van der Waals surface area contributed by atoms with Crippen LogP contribution in [0.3, 0.4) is 0 Å². The van der Waals surface area contributed by atoms with Crippen molar-refractivity contribution in [3.8, 4) is 11.5 Å². The van der Waals surface area contributed by atoms with Gasteiger partial charge in [0.25, 0.3) is 11.6 Å². The number of sulfonamides is 1. The summed E-state index contributed by atoms with van der Waals surface area (Å²) < 4.78 is 37.7. The van der Waals surface area contributed by atoms with Crippen LogP contribution in [0.15, 0.2) is 41.3 Å². The van der Waals surface area contributed by atoms with E-state index >= 15 is 0 Å². The van der Waals surface area contributed by atoms with Gasteiger partial charge in [-0.1, -0.05) is 12.5 Å². The lowest BCUT2D eigenvalue weighted by Crippen LogP contribution is -2.35. The second-order valence-corrected chi connectivity index (χ2v) is 9.43. The van der Waals surface area contributed by atoms with Crippen LogP contribution in [0.25, 0.3) is 0 Å². The van der Waals surface area contributed by atoms with Gasteiger partial charge in [-0.2, -0.15) is 4.31 Å². The van der Waals surface area contributed by atoms with Crippen molar-refractivity contribution >= 4 is 27.3 Å². The number of nitro groups is 1. The molecule has 0 saturated carbocycles. The van der Waals surface area contributed by atoms with Crippen molar-refractivity contribution in [3.05, 3.63) is 52.1 Å². The van der Waals surface area contributed by atoms with E-state index < -0.39 is 20.9 Å². The molecule has 0 aromatic heterocycles. The number of hydrogen-bond acceptors (Lipinski definition) is 8. The van der Waals surface area contributed by atoms with Crippen LogP contribution in [0.2, 0.25) is 0 Å². The first-order valence-corrected chi connectivity index (χ1v) is 11.8. The van der Waals surface area contributed by atoms with E-state index in [2.05, 4.69) is 5.32 Å². The number of ether oxygens (including phenoxy) is 2. The number of nitrogens with zero attached hydrogens (tertiary/aromatic N) is 2. The Bertz CT molecular complexity index is 1130. The van der Waals surface area contributed by atoms with Gasteiger partial charge in [-0.25, -0.2) is 8.42 Å². The van der Waals surface area contributed by atoms with Crippen molar-refractivity contribution in [1.82, 2.24) is 4.31 Å². The maximum atomic E-state index is 12.9. The van der Waals surface area contributed by atoms with Gasteiger partial charge in [0.2, 0.25) is 10.0 Å². The Morgan fingerprint density at radius 1 is 1.15 bits per heavy atom. The molecule has 1 heterocycles. The molecule has 12 heteroatoms. The topological polar surface area (TPSA) is 154 Å². The van der Waals surface area contributed by atoms with Gasteiger partial charge in [0, 0.05) is 25.7 Å². The van der Waals surface area contributed by atoms with E-state index in [1.807, 2.05) is 0 Å². The molecule has 1 aliphatic rings. The van der Waals surface area contributed by atoms with Gasteiger partial charge < -0.3 is 20.5 Å². The SMILES string of the molecule is COc1cc(CNc2ccc(S(=O)(=O)N3CCCCC3)cc2[N+](=O)[O-])ccc1OCC(N)=O. The summed E-state index contributed by atoms with van der Waals surface area (Å²) in [6, 6.07) is 8.82. The number of amides is 1. The fraction of sp³-hybridized carbons (Fsp3) is 0.381. The summed E-state index contributed by atoms with van der Waals surface area (Å²) in [6.07, 6.45) is 2.52. The summed E-state index contributed by atoms with van der Waals surface area (Å²) in [7, 11) is -2.35. The third-order valence-electron chi connectivity index (χ3n) is 5.20. The number of nitro benzene ring substituents is 1. The molecule has 3 N–H and O–H groups in total. The maximum absolute atomic E-state index is 12.9. The zero-order chi connectivity index (χ0) is 24.0. The van der Waals surface area contributed by atoms with E-state index in [-0.39, 0.29) is 29.4 Å². The molecule has 0 atom stereocenters. The zero-order valence-electron chi connectivity index (χ0n) is 18.2. The lowest BCUT2D eigenvalue weighted by atomic mass is 10.2. The van der Waals surface area contributed by atoms with E-state index in [9.17, 15) is 23.3 Å². The average Bonchev–Trinajstić information content (AvgIpc) is 2.81. The van der Waals surface area contributed by atoms with Crippen LogP contribution in [0.1, 0.15) is 24.8 Å². The number of rotatable bonds is 10. The van der Waals surface area contributed by atoms with Gasteiger partial charge in [-0.15, -0.1) is 0 Å². The molecule has 11 nitrogen and oxygen atoms in total. The highest BCUT2D eigenvalue weighted by Crippen LogP contribution is 2.32. The molecule has 1 saturated heterocycles. The van der Waals surface area contributed by atoms with Gasteiger partial charge >= 0.3 is 0 Å². The van der Waals surface area contributed by atoms with Gasteiger partial charge in [0.1, 0.15) is 5.69 Å². The second kappa shape index (κ2) is 10.5. The Morgan fingerprint density at radius 3 is 2.52 bits per heavy atom. The smallest absolute Gasteiger partial charge is 0.293 e. The molecule has 2 aromatic rings. The minimum absolute atomic E-state index is 0.0979. The summed E-state index contributed by atoms with van der Waals surface area (Å²) in [5.41, 5.74) is 5.66. The molecule has 33 heavy (non-hydrogen) atoms. The van der Waals surface area contributed by atoms with Crippen LogP contribution >= 0.6 is 0 Å². The van der Waals surface area contributed by atoms with E-state index in [0.29, 0.717) is 24.6 Å². The molecule has 1 aliphatic heterocycles. The zero-order valence-corrected chi connectivity index (χ0v) is 19.0. The van der Waals surface area contributed by atoms with Crippen molar-refractivity contribution in [2.45, 2.75) is 30.7 Å². The van der Waals surface area contributed by atoms with Gasteiger partial charge in [0.05, 0.1) is 16.9 Å². The van der Waals surface area contributed by atoms with Crippen LogP contribution in [0.4, 0.5) is 11.4 Å². The fourth-order valence-electron chi connectivity index (χ4n) is 3.51. The van der Waals surface area contributed by atoms with Crippen LogP contribution < -0.4 is 20.5 Å². The molecular weight excluding hydrogens is 452 g/mol. The van der Waals surface area contributed by atoms with Crippen LogP contribution in [0.5, 0.6) is 11.5 Å². The summed E-state index contributed by atoms with van der Waals surface area (Å²) >= 11 is 0. The second-order valence-electron chi connectivity index (χ2n) is 7.49. The van der Waals surface area contributed by atoms with Gasteiger partial charge in [0.15, 0.2) is 18.1 Å². The standard InChI is InChI=1S/C21H26N4O7S/c1-31-20-11-15(5-8-19(20)32-14-21(22)26)13-23-17-7-6-16(12-18(17)25(27)28)33(29,30)24-9-3-2-4-10-24/h5-8,11-12,23H,2-4,9-10,13-14H2,1H3,(H2,22,26). The lowest BCUT2D eigenvalue weighted by molar-refractivity contribution is -0.384. The Hall–Kier alpha value is -3.38. The molecular formula is C21H26N4O7S.